The number of aliphatic hydroxyl groups excluding tert-OH is 1. The van der Waals surface area contributed by atoms with Gasteiger partial charge in [0.25, 0.3) is 5.69 Å². The van der Waals surface area contributed by atoms with Crippen LogP contribution >= 0.6 is 11.8 Å². The quantitative estimate of drug-likeness (QED) is 0.321. The maximum absolute atomic E-state index is 10.7. The van der Waals surface area contributed by atoms with Gasteiger partial charge >= 0.3 is 0 Å². The highest BCUT2D eigenvalue weighted by Crippen LogP contribution is 2.31. The molecule has 0 saturated carbocycles. The molecule has 7 heteroatoms. The van der Waals surface area contributed by atoms with Gasteiger partial charge in [0.2, 0.25) is 0 Å². The van der Waals surface area contributed by atoms with Crippen molar-refractivity contribution in [1.29, 1.82) is 0 Å². The third-order valence-electron chi connectivity index (χ3n) is 2.27. The molecule has 0 amide bonds. The lowest BCUT2D eigenvalue weighted by molar-refractivity contribution is -0.385. The van der Waals surface area contributed by atoms with Crippen molar-refractivity contribution in [3.63, 3.8) is 0 Å². The van der Waals surface area contributed by atoms with Gasteiger partial charge in [-0.2, -0.15) is 0 Å². The van der Waals surface area contributed by atoms with Crippen molar-refractivity contribution in [3.05, 3.63) is 28.3 Å². The molecule has 0 aliphatic rings. The van der Waals surface area contributed by atoms with Gasteiger partial charge in [0.1, 0.15) is 0 Å². The van der Waals surface area contributed by atoms with Gasteiger partial charge in [0.15, 0.2) is 0 Å². The van der Waals surface area contributed by atoms with Crippen molar-refractivity contribution in [2.45, 2.75) is 30.1 Å². The van der Waals surface area contributed by atoms with Crippen molar-refractivity contribution in [3.8, 4) is 0 Å². The van der Waals surface area contributed by atoms with Crippen molar-refractivity contribution in [2.75, 3.05) is 5.43 Å². The predicted octanol–water partition coefficient (Wildman–Crippen LogP) is 1.74. The number of rotatable bonds is 5. The van der Waals surface area contributed by atoms with Gasteiger partial charge in [0.05, 0.1) is 16.7 Å². The lowest BCUT2D eigenvalue weighted by atomic mass is 10.3. The molecule has 4 N–H and O–H groups in total. The number of nitro benzene ring substituents is 1. The van der Waals surface area contributed by atoms with E-state index in [2.05, 4.69) is 5.43 Å². The number of non-ortho nitro benzene ring substituents is 1. The average Bonchev–Trinajstić information content (AvgIpc) is 2.28. The lowest BCUT2D eigenvalue weighted by Crippen LogP contribution is -2.15. The minimum absolute atomic E-state index is 0.0271. The zero-order valence-corrected chi connectivity index (χ0v) is 10.4. The second-order valence-corrected chi connectivity index (χ2v) is 5.13. The number of hydrogen-bond acceptors (Lipinski definition) is 6. The number of hydrazine groups is 1. The fourth-order valence-corrected chi connectivity index (χ4v) is 2.16. The molecule has 94 valence electrons. The molecule has 0 radical (unpaired) electrons. The van der Waals surface area contributed by atoms with E-state index in [9.17, 15) is 15.2 Å². The van der Waals surface area contributed by atoms with E-state index < -0.39 is 11.0 Å². The zero-order valence-electron chi connectivity index (χ0n) is 9.58. The summed E-state index contributed by atoms with van der Waals surface area (Å²) in [5.74, 6) is 5.25. The maximum atomic E-state index is 10.7. The maximum Gasteiger partial charge on any atom is 0.272 e. The minimum Gasteiger partial charge on any atom is -0.392 e. The van der Waals surface area contributed by atoms with Crippen LogP contribution < -0.4 is 11.3 Å². The first-order valence-corrected chi connectivity index (χ1v) is 5.93. The standard InChI is InChI=1S/C10H15N3O3S/c1-6(14)7(2)17-10-4-8(12-11)3-9(5-10)13(15)16/h3-7,12,14H,11H2,1-2H3. The Bertz CT molecular complexity index is 412. The van der Waals surface area contributed by atoms with E-state index >= 15 is 0 Å². The van der Waals surface area contributed by atoms with Crippen LogP contribution in [-0.4, -0.2) is 21.4 Å². The Hall–Kier alpha value is -1.31. The predicted molar refractivity (Wildman–Crippen MR) is 67.9 cm³/mol. The summed E-state index contributed by atoms with van der Waals surface area (Å²) in [7, 11) is 0. The largest absolute Gasteiger partial charge is 0.392 e. The Labute approximate surface area is 103 Å². The van der Waals surface area contributed by atoms with Crippen LogP contribution in [0.4, 0.5) is 11.4 Å². The number of thioether (sulfide) groups is 1. The number of benzene rings is 1. The van der Waals surface area contributed by atoms with E-state index in [-0.39, 0.29) is 10.9 Å². The second kappa shape index (κ2) is 5.85. The summed E-state index contributed by atoms with van der Waals surface area (Å²) in [6.07, 6.45) is -0.492. The molecule has 0 bridgehead atoms. The summed E-state index contributed by atoms with van der Waals surface area (Å²) in [6.45, 7) is 3.53. The number of nitrogens with one attached hydrogen (secondary N) is 1. The highest BCUT2D eigenvalue weighted by molar-refractivity contribution is 8.00. The first-order chi connectivity index (χ1) is 7.93. The van der Waals surface area contributed by atoms with Crippen LogP contribution in [0.1, 0.15) is 13.8 Å². The van der Waals surface area contributed by atoms with Crippen LogP contribution in [0.5, 0.6) is 0 Å². The number of nitro groups is 1. The van der Waals surface area contributed by atoms with E-state index in [1.54, 1.807) is 13.0 Å². The molecular weight excluding hydrogens is 242 g/mol. The third-order valence-corrected chi connectivity index (χ3v) is 3.54. The van der Waals surface area contributed by atoms with Crippen LogP contribution in [0.3, 0.4) is 0 Å². The summed E-state index contributed by atoms with van der Waals surface area (Å²) in [5, 5.41) is 20.1. The Morgan fingerprint density at radius 2 is 2.12 bits per heavy atom. The first-order valence-electron chi connectivity index (χ1n) is 5.05. The van der Waals surface area contributed by atoms with Gasteiger partial charge in [-0.05, 0) is 13.0 Å². The number of anilines is 1. The average molecular weight is 257 g/mol. The Balaban J connectivity index is 2.98. The smallest absolute Gasteiger partial charge is 0.272 e. The molecule has 0 heterocycles. The number of nitrogen functional groups attached to an aromatic ring is 1. The van der Waals surface area contributed by atoms with Crippen molar-refractivity contribution >= 4 is 23.1 Å². The number of hydrogen-bond donors (Lipinski definition) is 3. The molecule has 1 aromatic carbocycles. The molecule has 6 nitrogen and oxygen atoms in total. The fraction of sp³-hybridized carbons (Fsp3) is 0.400. The molecule has 0 aromatic heterocycles. The fourth-order valence-electron chi connectivity index (χ4n) is 1.15. The SMILES string of the molecule is CC(O)C(C)Sc1cc(NN)cc([N+](=O)[O-])c1. The third kappa shape index (κ3) is 3.88. The molecule has 0 spiro atoms. The molecule has 2 atom stereocenters. The van der Waals surface area contributed by atoms with Gasteiger partial charge in [-0.15, -0.1) is 11.8 Å². The van der Waals surface area contributed by atoms with Gasteiger partial charge < -0.3 is 10.5 Å². The Morgan fingerprint density at radius 1 is 1.47 bits per heavy atom. The van der Waals surface area contributed by atoms with E-state index in [0.717, 1.165) is 0 Å². The van der Waals surface area contributed by atoms with Gasteiger partial charge in [-0.3, -0.25) is 16.0 Å². The monoisotopic (exact) mass is 257 g/mol. The van der Waals surface area contributed by atoms with Crippen LogP contribution in [0.2, 0.25) is 0 Å². The highest BCUT2D eigenvalue weighted by atomic mass is 32.2. The number of nitrogens with zero attached hydrogens (tertiary/aromatic N) is 1. The van der Waals surface area contributed by atoms with E-state index in [1.807, 2.05) is 6.92 Å². The van der Waals surface area contributed by atoms with E-state index in [1.165, 1.54) is 23.9 Å². The van der Waals surface area contributed by atoms with E-state index in [0.29, 0.717) is 10.6 Å². The zero-order chi connectivity index (χ0) is 13.0. The molecular formula is C10H15N3O3S. The summed E-state index contributed by atoms with van der Waals surface area (Å²) in [4.78, 5) is 10.9. The summed E-state index contributed by atoms with van der Waals surface area (Å²) >= 11 is 1.36. The molecule has 0 saturated heterocycles. The van der Waals surface area contributed by atoms with Gasteiger partial charge in [-0.25, -0.2) is 0 Å². The topological polar surface area (TPSA) is 101 Å². The number of aliphatic hydroxyl groups is 1. The van der Waals surface area contributed by atoms with Crippen molar-refractivity contribution in [1.82, 2.24) is 0 Å². The van der Waals surface area contributed by atoms with Crippen LogP contribution in [0, 0.1) is 10.1 Å². The van der Waals surface area contributed by atoms with Crippen LogP contribution in [-0.2, 0) is 0 Å². The molecule has 0 aliphatic heterocycles. The molecule has 0 aliphatic carbocycles. The normalized spacial score (nSPS) is 14.1. The minimum atomic E-state index is -0.492. The van der Waals surface area contributed by atoms with Gasteiger partial charge in [-0.1, -0.05) is 6.92 Å². The Morgan fingerprint density at radius 3 is 2.59 bits per heavy atom. The number of nitrogens with two attached hydrogens (primary N) is 1. The van der Waals surface area contributed by atoms with Crippen LogP contribution in [0.15, 0.2) is 23.1 Å². The first kappa shape index (κ1) is 13.8. The Kier molecular flexibility index (Phi) is 4.73. The molecule has 1 aromatic rings. The molecule has 2 unspecified atom stereocenters. The second-order valence-electron chi connectivity index (χ2n) is 3.68. The van der Waals surface area contributed by atoms with Crippen molar-refractivity contribution in [2.24, 2.45) is 5.84 Å². The van der Waals surface area contributed by atoms with Crippen LogP contribution in [0.25, 0.3) is 0 Å². The summed E-state index contributed by atoms with van der Waals surface area (Å²) < 4.78 is 0. The van der Waals surface area contributed by atoms with Gasteiger partial charge in [0, 0.05) is 22.3 Å². The highest BCUT2D eigenvalue weighted by Gasteiger charge is 2.14. The summed E-state index contributed by atoms with van der Waals surface area (Å²) in [5.41, 5.74) is 2.83. The lowest BCUT2D eigenvalue weighted by Gasteiger charge is -2.14. The molecule has 17 heavy (non-hydrogen) atoms. The molecule has 0 fully saturated rings. The van der Waals surface area contributed by atoms with Crippen molar-refractivity contribution < 1.29 is 10.0 Å². The summed E-state index contributed by atoms with van der Waals surface area (Å²) in [6, 6.07) is 4.53. The molecule has 1 rings (SSSR count). The van der Waals surface area contributed by atoms with E-state index in [4.69, 9.17) is 5.84 Å².